The zero-order chi connectivity index (χ0) is 14.9. The molecule has 1 aliphatic rings. The molecular formula is C13H16Cl2N2O3. The first-order chi connectivity index (χ1) is 9.43. The van der Waals surface area contributed by atoms with Crippen LogP contribution in [0.15, 0.2) is 12.1 Å². The number of aromatic hydroxyl groups is 1. The number of hydrogen-bond acceptors (Lipinski definition) is 4. The van der Waals surface area contributed by atoms with Gasteiger partial charge in [-0.1, -0.05) is 23.2 Å². The minimum atomic E-state index is -0.749. The van der Waals surface area contributed by atoms with Gasteiger partial charge < -0.3 is 20.8 Å². The lowest BCUT2D eigenvalue weighted by Crippen LogP contribution is -2.37. The van der Waals surface area contributed by atoms with Crippen molar-refractivity contribution < 1.29 is 15.0 Å². The van der Waals surface area contributed by atoms with Gasteiger partial charge in [-0.15, -0.1) is 0 Å². The van der Waals surface area contributed by atoms with Crippen LogP contribution in [0, 0.1) is 0 Å². The molecule has 4 N–H and O–H groups in total. The number of phenolic OH excluding ortho intramolecular Hbond substituents is 1. The summed E-state index contributed by atoms with van der Waals surface area (Å²) in [7, 11) is 0. The van der Waals surface area contributed by atoms with Gasteiger partial charge in [-0.25, -0.2) is 0 Å². The molecule has 0 radical (unpaired) electrons. The number of benzene rings is 1. The van der Waals surface area contributed by atoms with Gasteiger partial charge in [-0.3, -0.25) is 4.79 Å². The number of phenols is 1. The van der Waals surface area contributed by atoms with Gasteiger partial charge in [0.05, 0.1) is 16.1 Å². The van der Waals surface area contributed by atoms with Crippen molar-refractivity contribution in [3.8, 4) is 5.75 Å². The Kier molecular flexibility index (Phi) is 4.75. The summed E-state index contributed by atoms with van der Waals surface area (Å²) in [5, 5.41) is 20.1. The van der Waals surface area contributed by atoms with Crippen molar-refractivity contribution in [2.24, 2.45) is 5.73 Å². The van der Waals surface area contributed by atoms with E-state index in [2.05, 4.69) is 0 Å². The molecule has 1 saturated heterocycles. The number of rotatable bonds is 4. The van der Waals surface area contributed by atoms with E-state index >= 15 is 0 Å². The van der Waals surface area contributed by atoms with Gasteiger partial charge in [0.15, 0.2) is 0 Å². The van der Waals surface area contributed by atoms with Gasteiger partial charge in [0.1, 0.15) is 5.75 Å². The fourth-order valence-corrected chi connectivity index (χ4v) is 2.89. The molecule has 1 unspecified atom stereocenters. The molecule has 0 aromatic heterocycles. The molecule has 2 rings (SSSR count). The maximum Gasteiger partial charge on any atom is 0.223 e. The monoisotopic (exact) mass is 318 g/mol. The average Bonchev–Trinajstić information content (AvgIpc) is 2.75. The predicted octanol–water partition coefficient (Wildman–Crippen LogP) is 1.33. The number of carbonyl (C=O) groups excluding carboxylic acids is 1. The van der Waals surface area contributed by atoms with Gasteiger partial charge in [0.25, 0.3) is 0 Å². The first kappa shape index (κ1) is 15.4. The molecular weight excluding hydrogens is 303 g/mol. The predicted molar refractivity (Wildman–Crippen MR) is 77.1 cm³/mol. The topological polar surface area (TPSA) is 86.8 Å². The Balaban J connectivity index is 2.20. The number of β-amino-alcohol motifs (C(OH)–C–C–N with tert-alkyl or cyclic N) is 1. The SMILES string of the molecule is NCC(O)CN1C[C@H](c2c(O)ccc(Cl)c2Cl)CC1=O. The number of carbonyl (C=O) groups is 1. The molecule has 20 heavy (non-hydrogen) atoms. The first-order valence-corrected chi connectivity index (χ1v) is 7.02. The number of nitrogens with zero attached hydrogens (tertiary/aromatic N) is 1. The Morgan fingerprint density at radius 2 is 2.15 bits per heavy atom. The van der Waals surface area contributed by atoms with Crippen molar-refractivity contribution in [2.45, 2.75) is 18.4 Å². The zero-order valence-corrected chi connectivity index (χ0v) is 12.2. The number of aliphatic hydroxyl groups excluding tert-OH is 1. The molecule has 0 aliphatic carbocycles. The molecule has 1 heterocycles. The van der Waals surface area contributed by atoms with Crippen LogP contribution in [0.4, 0.5) is 0 Å². The fraction of sp³-hybridized carbons (Fsp3) is 0.462. The fourth-order valence-electron chi connectivity index (χ4n) is 2.42. The summed E-state index contributed by atoms with van der Waals surface area (Å²) in [6.45, 7) is 0.659. The summed E-state index contributed by atoms with van der Waals surface area (Å²) >= 11 is 12.1. The number of halogens is 2. The summed E-state index contributed by atoms with van der Waals surface area (Å²) in [4.78, 5) is 13.5. The number of aliphatic hydroxyl groups is 1. The molecule has 2 atom stereocenters. The Labute approximate surface area is 126 Å². The number of likely N-dealkylation sites (tertiary alicyclic amines) is 1. The molecule has 1 amide bonds. The number of amides is 1. The van der Waals surface area contributed by atoms with Crippen molar-refractivity contribution in [1.29, 1.82) is 0 Å². The molecule has 1 fully saturated rings. The molecule has 1 aromatic rings. The van der Waals surface area contributed by atoms with Gasteiger partial charge in [0, 0.05) is 37.5 Å². The number of hydrogen-bond donors (Lipinski definition) is 3. The summed E-state index contributed by atoms with van der Waals surface area (Å²) in [6.07, 6.45) is -0.522. The van der Waals surface area contributed by atoms with E-state index in [1.54, 1.807) is 0 Å². The second kappa shape index (κ2) is 6.18. The van der Waals surface area contributed by atoms with Crippen LogP contribution in [0.25, 0.3) is 0 Å². The second-order valence-corrected chi connectivity index (χ2v) is 5.67. The third-order valence-corrected chi connectivity index (χ3v) is 4.25. The number of nitrogens with two attached hydrogens (primary N) is 1. The molecule has 7 heteroatoms. The molecule has 110 valence electrons. The summed E-state index contributed by atoms with van der Waals surface area (Å²) in [5.74, 6) is -0.310. The van der Waals surface area contributed by atoms with Crippen LogP contribution in [-0.2, 0) is 4.79 Å². The smallest absolute Gasteiger partial charge is 0.223 e. The third kappa shape index (κ3) is 3.01. The summed E-state index contributed by atoms with van der Waals surface area (Å²) in [5.41, 5.74) is 5.83. The molecule has 0 bridgehead atoms. The van der Waals surface area contributed by atoms with Crippen LogP contribution in [0.5, 0.6) is 5.75 Å². The Hall–Kier alpha value is -1.01. The van der Waals surface area contributed by atoms with Crippen LogP contribution >= 0.6 is 23.2 Å². The minimum absolute atomic E-state index is 0.0263. The van der Waals surface area contributed by atoms with E-state index in [1.165, 1.54) is 17.0 Å². The Morgan fingerprint density at radius 3 is 2.80 bits per heavy atom. The van der Waals surface area contributed by atoms with Gasteiger partial charge in [-0.2, -0.15) is 0 Å². The maximum atomic E-state index is 11.9. The van der Waals surface area contributed by atoms with Crippen LogP contribution < -0.4 is 5.73 Å². The van der Waals surface area contributed by atoms with E-state index in [1.807, 2.05) is 0 Å². The van der Waals surface area contributed by atoms with Crippen molar-refractivity contribution >= 4 is 29.1 Å². The highest BCUT2D eigenvalue weighted by atomic mass is 35.5. The molecule has 1 aromatic carbocycles. The normalized spacial score (nSPS) is 20.5. The van der Waals surface area contributed by atoms with Crippen LogP contribution in [-0.4, -0.2) is 46.8 Å². The van der Waals surface area contributed by atoms with E-state index < -0.39 is 6.10 Å². The van der Waals surface area contributed by atoms with E-state index in [-0.39, 0.29) is 42.1 Å². The van der Waals surface area contributed by atoms with E-state index in [0.29, 0.717) is 17.1 Å². The highest BCUT2D eigenvalue weighted by Gasteiger charge is 2.34. The van der Waals surface area contributed by atoms with Gasteiger partial charge in [0.2, 0.25) is 5.91 Å². The molecule has 0 spiro atoms. The largest absolute Gasteiger partial charge is 0.508 e. The minimum Gasteiger partial charge on any atom is -0.508 e. The summed E-state index contributed by atoms with van der Waals surface area (Å²) < 4.78 is 0. The lowest BCUT2D eigenvalue weighted by atomic mass is 9.97. The molecule has 1 aliphatic heterocycles. The standard InChI is InChI=1S/C13H16Cl2N2O3/c14-9-1-2-10(19)12(13(9)15)7-3-11(20)17(5-7)6-8(18)4-16/h1-2,7-8,18-19H,3-6,16H2/t7-,8?/m1/s1. The molecule has 0 saturated carbocycles. The van der Waals surface area contributed by atoms with Gasteiger partial charge >= 0.3 is 0 Å². The Bertz CT molecular complexity index is 525. The van der Waals surface area contributed by atoms with Crippen molar-refractivity contribution in [3.05, 3.63) is 27.7 Å². The van der Waals surface area contributed by atoms with Crippen molar-refractivity contribution in [3.63, 3.8) is 0 Å². The summed E-state index contributed by atoms with van der Waals surface area (Å²) in [6, 6.07) is 2.97. The van der Waals surface area contributed by atoms with Crippen LogP contribution in [0.1, 0.15) is 17.9 Å². The highest BCUT2D eigenvalue weighted by molar-refractivity contribution is 6.42. The van der Waals surface area contributed by atoms with Crippen LogP contribution in [0.2, 0.25) is 10.0 Å². The first-order valence-electron chi connectivity index (χ1n) is 6.26. The van der Waals surface area contributed by atoms with Crippen molar-refractivity contribution in [2.75, 3.05) is 19.6 Å². The highest BCUT2D eigenvalue weighted by Crippen LogP contribution is 2.41. The van der Waals surface area contributed by atoms with Crippen LogP contribution in [0.3, 0.4) is 0 Å². The van der Waals surface area contributed by atoms with Crippen molar-refractivity contribution in [1.82, 2.24) is 4.90 Å². The van der Waals surface area contributed by atoms with E-state index in [0.717, 1.165) is 0 Å². The van der Waals surface area contributed by atoms with E-state index in [4.69, 9.17) is 28.9 Å². The van der Waals surface area contributed by atoms with E-state index in [9.17, 15) is 15.0 Å². The lowest BCUT2D eigenvalue weighted by Gasteiger charge is -2.20. The quantitative estimate of drug-likeness (QED) is 0.781. The average molecular weight is 319 g/mol. The molecule has 5 nitrogen and oxygen atoms in total. The van der Waals surface area contributed by atoms with Gasteiger partial charge in [-0.05, 0) is 12.1 Å². The second-order valence-electron chi connectivity index (χ2n) is 4.88. The lowest BCUT2D eigenvalue weighted by molar-refractivity contribution is -0.128. The zero-order valence-electron chi connectivity index (χ0n) is 10.7. The third-order valence-electron chi connectivity index (χ3n) is 3.44. The Morgan fingerprint density at radius 1 is 1.45 bits per heavy atom. The maximum absolute atomic E-state index is 11.9.